The van der Waals surface area contributed by atoms with Crippen LogP contribution in [0.2, 0.25) is 0 Å². The van der Waals surface area contributed by atoms with E-state index in [1.54, 1.807) is 28.2 Å². The van der Waals surface area contributed by atoms with E-state index < -0.39 is 0 Å². The predicted molar refractivity (Wildman–Crippen MR) is 95.3 cm³/mol. The summed E-state index contributed by atoms with van der Waals surface area (Å²) in [6.45, 7) is 2.11. The van der Waals surface area contributed by atoms with E-state index in [2.05, 4.69) is 22.2 Å². The van der Waals surface area contributed by atoms with E-state index in [1.807, 2.05) is 49.5 Å². The molecule has 0 saturated heterocycles. The molecular weight excluding hydrogens is 314 g/mol. The molecule has 6 heteroatoms. The maximum atomic E-state index is 13.0. The lowest BCUT2D eigenvalue weighted by Gasteiger charge is -2.28. The lowest BCUT2D eigenvalue weighted by atomic mass is 10.0. The highest BCUT2D eigenvalue weighted by molar-refractivity contribution is 5.94. The van der Waals surface area contributed by atoms with Gasteiger partial charge in [-0.2, -0.15) is 0 Å². The third-order valence-electron chi connectivity index (χ3n) is 4.16. The zero-order valence-electron chi connectivity index (χ0n) is 14.4. The molecule has 0 bridgehead atoms. The Hall–Kier alpha value is -3.02. The molecule has 1 atom stereocenters. The van der Waals surface area contributed by atoms with Crippen molar-refractivity contribution in [2.24, 2.45) is 0 Å². The smallest absolute Gasteiger partial charge is 0.254 e. The van der Waals surface area contributed by atoms with Gasteiger partial charge in [-0.25, -0.2) is 4.68 Å². The van der Waals surface area contributed by atoms with Crippen LogP contribution >= 0.6 is 0 Å². The molecule has 0 aliphatic rings. The lowest BCUT2D eigenvalue weighted by Crippen LogP contribution is -2.31. The van der Waals surface area contributed by atoms with Crippen molar-refractivity contribution in [2.75, 3.05) is 7.05 Å². The molecule has 2 heterocycles. The second kappa shape index (κ2) is 7.70. The molecule has 1 aromatic carbocycles. The summed E-state index contributed by atoms with van der Waals surface area (Å²) in [6.07, 6.45) is 6.96. The van der Waals surface area contributed by atoms with Gasteiger partial charge in [-0.3, -0.25) is 9.78 Å². The quantitative estimate of drug-likeness (QED) is 0.693. The maximum Gasteiger partial charge on any atom is 0.254 e. The summed E-state index contributed by atoms with van der Waals surface area (Å²) < 4.78 is 1.64. The molecule has 25 heavy (non-hydrogen) atoms. The van der Waals surface area contributed by atoms with Crippen molar-refractivity contribution in [3.05, 3.63) is 72.3 Å². The fraction of sp³-hybridized carbons (Fsp3) is 0.263. The number of benzene rings is 1. The number of rotatable bonds is 6. The van der Waals surface area contributed by atoms with E-state index in [9.17, 15) is 4.79 Å². The number of carbonyl (C=O) groups excluding carboxylic acids is 1. The van der Waals surface area contributed by atoms with Gasteiger partial charge in [0, 0.05) is 18.8 Å². The van der Waals surface area contributed by atoms with Gasteiger partial charge in [0.1, 0.15) is 0 Å². The number of nitrogens with zero attached hydrogens (tertiary/aromatic N) is 5. The topological polar surface area (TPSA) is 63.9 Å². The standard InChI is InChI=1S/C19H21N5O/c1-3-7-18(17-10-4-5-11-20-17)23(2)19(25)15-8-6-9-16(14-15)24-13-12-21-22-24/h4-6,8-14,18H,3,7H2,1-2H3/t18-/m0/s1. The average Bonchev–Trinajstić information content (AvgIpc) is 3.20. The van der Waals surface area contributed by atoms with Crippen molar-refractivity contribution in [1.29, 1.82) is 0 Å². The summed E-state index contributed by atoms with van der Waals surface area (Å²) in [7, 11) is 1.83. The number of aromatic nitrogens is 4. The minimum Gasteiger partial charge on any atom is -0.333 e. The van der Waals surface area contributed by atoms with Crippen LogP contribution in [0.3, 0.4) is 0 Å². The zero-order chi connectivity index (χ0) is 17.6. The SMILES string of the molecule is CCC[C@@H](c1ccccn1)N(C)C(=O)c1cccc(-n2ccnn2)c1. The molecule has 3 aromatic rings. The summed E-state index contributed by atoms with van der Waals surface area (Å²) in [4.78, 5) is 19.2. The summed E-state index contributed by atoms with van der Waals surface area (Å²) >= 11 is 0. The molecule has 0 aliphatic carbocycles. The van der Waals surface area contributed by atoms with Gasteiger partial charge < -0.3 is 4.90 Å². The van der Waals surface area contributed by atoms with E-state index in [1.165, 1.54) is 0 Å². The Morgan fingerprint density at radius 3 is 2.76 bits per heavy atom. The normalized spacial score (nSPS) is 11.9. The average molecular weight is 335 g/mol. The number of amides is 1. The van der Waals surface area contributed by atoms with Gasteiger partial charge in [-0.05, 0) is 36.8 Å². The van der Waals surface area contributed by atoms with E-state index >= 15 is 0 Å². The first-order valence-corrected chi connectivity index (χ1v) is 8.35. The van der Waals surface area contributed by atoms with Crippen LogP contribution in [-0.4, -0.2) is 37.8 Å². The molecule has 0 saturated carbocycles. The second-order valence-electron chi connectivity index (χ2n) is 5.87. The molecule has 0 unspecified atom stereocenters. The Bertz CT molecular complexity index is 817. The van der Waals surface area contributed by atoms with Gasteiger partial charge in [-0.15, -0.1) is 5.10 Å². The van der Waals surface area contributed by atoms with Crippen molar-refractivity contribution in [1.82, 2.24) is 24.9 Å². The molecule has 128 valence electrons. The highest BCUT2D eigenvalue weighted by atomic mass is 16.2. The number of carbonyl (C=O) groups is 1. The molecule has 6 nitrogen and oxygen atoms in total. The molecule has 0 aliphatic heterocycles. The number of hydrogen-bond donors (Lipinski definition) is 0. The van der Waals surface area contributed by atoms with Crippen LogP contribution in [0.5, 0.6) is 0 Å². The molecule has 0 spiro atoms. The van der Waals surface area contributed by atoms with Crippen LogP contribution in [0.1, 0.15) is 41.9 Å². The van der Waals surface area contributed by atoms with E-state index in [0.29, 0.717) is 5.56 Å². The Morgan fingerprint density at radius 1 is 1.20 bits per heavy atom. The van der Waals surface area contributed by atoms with Crippen LogP contribution in [0.25, 0.3) is 5.69 Å². The largest absolute Gasteiger partial charge is 0.333 e. The van der Waals surface area contributed by atoms with Crippen molar-refractivity contribution in [3.63, 3.8) is 0 Å². The minimum atomic E-state index is -0.0475. The number of pyridine rings is 1. The van der Waals surface area contributed by atoms with Gasteiger partial charge in [-0.1, -0.05) is 30.7 Å². The van der Waals surface area contributed by atoms with Crippen LogP contribution in [0.4, 0.5) is 0 Å². The molecular formula is C19H21N5O. The van der Waals surface area contributed by atoms with Gasteiger partial charge in [0.2, 0.25) is 0 Å². The molecule has 0 N–H and O–H groups in total. The lowest BCUT2D eigenvalue weighted by molar-refractivity contribution is 0.0718. The van der Waals surface area contributed by atoms with E-state index in [0.717, 1.165) is 24.2 Å². The Morgan fingerprint density at radius 2 is 2.08 bits per heavy atom. The summed E-state index contributed by atoms with van der Waals surface area (Å²) in [5, 5.41) is 7.79. The third kappa shape index (κ3) is 3.74. The first kappa shape index (κ1) is 16.8. The van der Waals surface area contributed by atoms with Gasteiger partial charge in [0.05, 0.1) is 29.8 Å². The zero-order valence-corrected chi connectivity index (χ0v) is 14.4. The molecule has 0 fully saturated rings. The second-order valence-corrected chi connectivity index (χ2v) is 5.87. The third-order valence-corrected chi connectivity index (χ3v) is 4.16. The summed E-state index contributed by atoms with van der Waals surface area (Å²) in [6, 6.07) is 13.2. The highest BCUT2D eigenvalue weighted by Gasteiger charge is 2.23. The van der Waals surface area contributed by atoms with Crippen LogP contribution in [0.15, 0.2) is 61.1 Å². The van der Waals surface area contributed by atoms with E-state index in [-0.39, 0.29) is 11.9 Å². The Kier molecular flexibility index (Phi) is 5.18. The van der Waals surface area contributed by atoms with Crippen molar-refractivity contribution in [3.8, 4) is 5.69 Å². The summed E-state index contributed by atoms with van der Waals surface area (Å²) in [5.41, 5.74) is 2.33. The maximum absolute atomic E-state index is 13.0. The van der Waals surface area contributed by atoms with Crippen molar-refractivity contribution < 1.29 is 4.79 Å². The Balaban J connectivity index is 1.87. The fourth-order valence-electron chi connectivity index (χ4n) is 2.86. The monoisotopic (exact) mass is 335 g/mol. The molecule has 3 rings (SSSR count). The minimum absolute atomic E-state index is 0.0360. The van der Waals surface area contributed by atoms with E-state index in [4.69, 9.17) is 0 Å². The van der Waals surface area contributed by atoms with Crippen molar-refractivity contribution in [2.45, 2.75) is 25.8 Å². The van der Waals surface area contributed by atoms with Gasteiger partial charge >= 0.3 is 0 Å². The highest BCUT2D eigenvalue weighted by Crippen LogP contribution is 2.24. The van der Waals surface area contributed by atoms with Crippen LogP contribution < -0.4 is 0 Å². The number of hydrogen-bond acceptors (Lipinski definition) is 4. The first-order valence-electron chi connectivity index (χ1n) is 8.35. The van der Waals surface area contributed by atoms with Gasteiger partial charge in [0.25, 0.3) is 5.91 Å². The first-order chi connectivity index (χ1) is 12.2. The molecule has 0 radical (unpaired) electrons. The Labute approximate surface area is 147 Å². The van der Waals surface area contributed by atoms with Gasteiger partial charge in [0.15, 0.2) is 0 Å². The van der Waals surface area contributed by atoms with Crippen LogP contribution in [0, 0.1) is 0 Å². The van der Waals surface area contributed by atoms with Crippen LogP contribution in [-0.2, 0) is 0 Å². The van der Waals surface area contributed by atoms with Crippen molar-refractivity contribution >= 4 is 5.91 Å². The summed E-state index contributed by atoms with van der Waals surface area (Å²) in [5.74, 6) is -0.0360. The molecule has 1 amide bonds. The molecule has 2 aromatic heterocycles. The fourth-order valence-corrected chi connectivity index (χ4v) is 2.86. The predicted octanol–water partition coefficient (Wildman–Crippen LogP) is 3.28.